The molecule has 88 valence electrons. The summed E-state index contributed by atoms with van der Waals surface area (Å²) < 4.78 is 10.7. The Morgan fingerprint density at radius 2 is 2.25 bits per heavy atom. The lowest BCUT2D eigenvalue weighted by molar-refractivity contribution is -0.119. The molecule has 1 aliphatic rings. The van der Waals surface area contributed by atoms with Gasteiger partial charge in [-0.3, -0.25) is 0 Å². The Labute approximate surface area is 96.8 Å². The first kappa shape index (κ1) is 11.4. The summed E-state index contributed by atoms with van der Waals surface area (Å²) >= 11 is 0. The van der Waals surface area contributed by atoms with Crippen molar-refractivity contribution in [2.75, 3.05) is 25.6 Å². The lowest BCUT2D eigenvalue weighted by atomic mass is 9.95. The molecule has 2 rings (SSSR count). The van der Waals surface area contributed by atoms with Crippen molar-refractivity contribution in [2.45, 2.75) is 19.6 Å². The van der Waals surface area contributed by atoms with E-state index in [2.05, 4.69) is 29.6 Å². The van der Waals surface area contributed by atoms with E-state index < -0.39 is 0 Å². The zero-order chi connectivity index (χ0) is 11.4. The molecule has 0 radical (unpaired) electrons. The smallest absolute Gasteiger partial charge is 0.154 e. The van der Waals surface area contributed by atoms with Crippen LogP contribution in [-0.4, -0.2) is 26.6 Å². The third kappa shape index (κ3) is 2.74. The molecule has 1 aliphatic heterocycles. The van der Waals surface area contributed by atoms with Crippen molar-refractivity contribution in [1.29, 1.82) is 0 Å². The largest absolute Gasteiger partial charge is 0.384 e. The van der Waals surface area contributed by atoms with Crippen LogP contribution in [0.4, 0.5) is 5.69 Å². The van der Waals surface area contributed by atoms with Gasteiger partial charge in [0, 0.05) is 25.3 Å². The van der Waals surface area contributed by atoms with Crippen molar-refractivity contribution in [1.82, 2.24) is 0 Å². The maximum Gasteiger partial charge on any atom is 0.154 e. The van der Waals surface area contributed by atoms with E-state index in [0.717, 1.165) is 19.6 Å². The van der Waals surface area contributed by atoms with E-state index in [1.807, 2.05) is 6.92 Å². The monoisotopic (exact) mass is 221 g/mol. The summed E-state index contributed by atoms with van der Waals surface area (Å²) in [6.07, 6.45) is 0.969. The van der Waals surface area contributed by atoms with Crippen molar-refractivity contribution >= 4 is 5.69 Å². The van der Waals surface area contributed by atoms with Gasteiger partial charge in [0.25, 0.3) is 0 Å². The predicted molar refractivity (Wildman–Crippen MR) is 64.5 cm³/mol. The lowest BCUT2D eigenvalue weighted by Crippen LogP contribution is -2.28. The van der Waals surface area contributed by atoms with E-state index in [1.54, 1.807) is 7.11 Å². The molecule has 0 bridgehead atoms. The van der Waals surface area contributed by atoms with E-state index in [0.29, 0.717) is 5.92 Å². The van der Waals surface area contributed by atoms with Crippen molar-refractivity contribution < 1.29 is 9.47 Å². The molecule has 16 heavy (non-hydrogen) atoms. The third-order valence-corrected chi connectivity index (χ3v) is 3.01. The molecule has 3 nitrogen and oxygen atoms in total. The molecule has 0 aromatic heterocycles. The second kappa shape index (κ2) is 5.32. The van der Waals surface area contributed by atoms with Gasteiger partial charge >= 0.3 is 0 Å². The summed E-state index contributed by atoms with van der Waals surface area (Å²) in [5.41, 5.74) is 2.64. The van der Waals surface area contributed by atoms with Crippen LogP contribution >= 0.6 is 0 Å². The molecule has 1 heterocycles. The van der Waals surface area contributed by atoms with Gasteiger partial charge in [0.15, 0.2) is 6.29 Å². The van der Waals surface area contributed by atoms with Crippen LogP contribution in [0.2, 0.25) is 0 Å². The number of anilines is 1. The summed E-state index contributed by atoms with van der Waals surface area (Å²) in [5.74, 6) is 0.535. The standard InChI is InChI=1S/C13H19NO2/c1-10(15-2)16-9-11-7-12-5-3-4-6-13(12)14-8-11/h3-6,10-11,14H,7-9H2,1-2H3/t10-,11+/m0/s1. The van der Waals surface area contributed by atoms with Gasteiger partial charge in [-0.1, -0.05) is 18.2 Å². The summed E-state index contributed by atoms with van der Waals surface area (Å²) in [5, 5.41) is 3.43. The normalized spacial score (nSPS) is 21.0. The number of ether oxygens (including phenoxy) is 2. The Kier molecular flexibility index (Phi) is 3.80. The quantitative estimate of drug-likeness (QED) is 0.791. The Morgan fingerprint density at radius 1 is 1.44 bits per heavy atom. The van der Waals surface area contributed by atoms with Crippen LogP contribution in [0.3, 0.4) is 0 Å². The average Bonchev–Trinajstić information content (AvgIpc) is 2.35. The number of para-hydroxylation sites is 1. The van der Waals surface area contributed by atoms with E-state index in [4.69, 9.17) is 9.47 Å². The van der Waals surface area contributed by atoms with Gasteiger partial charge in [-0.15, -0.1) is 0 Å². The minimum absolute atomic E-state index is 0.114. The minimum atomic E-state index is -0.114. The van der Waals surface area contributed by atoms with Crippen LogP contribution in [0.5, 0.6) is 0 Å². The molecule has 0 saturated heterocycles. The van der Waals surface area contributed by atoms with Gasteiger partial charge in [0.05, 0.1) is 6.61 Å². The lowest BCUT2D eigenvalue weighted by Gasteiger charge is -2.26. The van der Waals surface area contributed by atoms with Crippen LogP contribution in [0.1, 0.15) is 12.5 Å². The second-order valence-electron chi connectivity index (χ2n) is 4.24. The van der Waals surface area contributed by atoms with Gasteiger partial charge in [0.2, 0.25) is 0 Å². The summed E-state index contributed by atoms with van der Waals surface area (Å²) in [6, 6.07) is 8.45. The number of methoxy groups -OCH3 is 1. The molecule has 0 spiro atoms. The molecule has 1 N–H and O–H groups in total. The van der Waals surface area contributed by atoms with Crippen LogP contribution < -0.4 is 5.32 Å². The Balaban J connectivity index is 1.88. The van der Waals surface area contributed by atoms with Gasteiger partial charge < -0.3 is 14.8 Å². The Bertz CT molecular complexity index is 340. The molecule has 1 aromatic rings. The molecule has 1 aromatic carbocycles. The summed E-state index contributed by atoms with van der Waals surface area (Å²) in [6.45, 7) is 3.65. The molecular weight excluding hydrogens is 202 g/mol. The van der Waals surface area contributed by atoms with Gasteiger partial charge in [-0.05, 0) is 25.0 Å². The first-order chi connectivity index (χ1) is 7.79. The van der Waals surface area contributed by atoms with E-state index in [1.165, 1.54) is 11.3 Å². The fourth-order valence-corrected chi connectivity index (χ4v) is 1.97. The number of nitrogens with one attached hydrogen (secondary N) is 1. The number of benzene rings is 1. The van der Waals surface area contributed by atoms with Crippen molar-refractivity contribution in [3.8, 4) is 0 Å². The molecular formula is C13H19NO2. The van der Waals surface area contributed by atoms with Gasteiger partial charge in [0.1, 0.15) is 0 Å². The van der Waals surface area contributed by atoms with E-state index in [-0.39, 0.29) is 6.29 Å². The zero-order valence-corrected chi connectivity index (χ0v) is 9.90. The molecule has 0 amide bonds. The first-order valence-corrected chi connectivity index (χ1v) is 5.75. The van der Waals surface area contributed by atoms with E-state index in [9.17, 15) is 0 Å². The highest BCUT2D eigenvalue weighted by molar-refractivity contribution is 5.53. The number of fused-ring (bicyclic) bond motifs is 1. The first-order valence-electron chi connectivity index (χ1n) is 5.75. The Hall–Kier alpha value is -1.06. The van der Waals surface area contributed by atoms with Gasteiger partial charge in [-0.2, -0.15) is 0 Å². The van der Waals surface area contributed by atoms with Crippen molar-refractivity contribution in [3.63, 3.8) is 0 Å². The maximum atomic E-state index is 5.58. The van der Waals surface area contributed by atoms with Crippen molar-refractivity contribution in [2.24, 2.45) is 5.92 Å². The summed E-state index contributed by atoms with van der Waals surface area (Å²) in [4.78, 5) is 0. The third-order valence-electron chi connectivity index (χ3n) is 3.01. The SMILES string of the molecule is CO[C@H](C)OC[C@H]1CNc2ccccc2C1. The fraction of sp³-hybridized carbons (Fsp3) is 0.538. The van der Waals surface area contributed by atoms with Crippen LogP contribution in [-0.2, 0) is 15.9 Å². The molecule has 0 saturated carbocycles. The molecule has 2 atom stereocenters. The van der Waals surface area contributed by atoms with E-state index >= 15 is 0 Å². The molecule has 0 unspecified atom stereocenters. The van der Waals surface area contributed by atoms with Gasteiger partial charge in [-0.25, -0.2) is 0 Å². The highest BCUT2D eigenvalue weighted by Gasteiger charge is 2.18. The number of hydrogen-bond acceptors (Lipinski definition) is 3. The molecule has 0 aliphatic carbocycles. The average molecular weight is 221 g/mol. The number of hydrogen-bond donors (Lipinski definition) is 1. The van der Waals surface area contributed by atoms with Crippen LogP contribution in [0.15, 0.2) is 24.3 Å². The summed E-state index contributed by atoms with van der Waals surface area (Å²) in [7, 11) is 1.67. The van der Waals surface area contributed by atoms with Crippen LogP contribution in [0.25, 0.3) is 0 Å². The molecule has 0 fully saturated rings. The second-order valence-corrected chi connectivity index (χ2v) is 4.24. The maximum absolute atomic E-state index is 5.58. The predicted octanol–water partition coefficient (Wildman–Crippen LogP) is 2.28. The molecule has 3 heteroatoms. The highest BCUT2D eigenvalue weighted by atomic mass is 16.7. The van der Waals surface area contributed by atoms with Crippen LogP contribution in [0, 0.1) is 5.92 Å². The number of rotatable bonds is 4. The van der Waals surface area contributed by atoms with Crippen molar-refractivity contribution in [3.05, 3.63) is 29.8 Å². The topological polar surface area (TPSA) is 30.5 Å². The zero-order valence-electron chi connectivity index (χ0n) is 9.90. The fourth-order valence-electron chi connectivity index (χ4n) is 1.97. The Morgan fingerprint density at radius 3 is 3.06 bits per heavy atom. The minimum Gasteiger partial charge on any atom is -0.384 e. The highest BCUT2D eigenvalue weighted by Crippen LogP contribution is 2.24.